The molecule has 0 aliphatic heterocycles. The molecule has 0 saturated carbocycles. The molecule has 0 atom stereocenters. The Morgan fingerprint density at radius 2 is 1.64 bits per heavy atom. The van der Waals surface area contributed by atoms with Gasteiger partial charge in [-0.25, -0.2) is 12.6 Å². The van der Waals surface area contributed by atoms with Crippen LogP contribution in [-0.4, -0.2) is 40.9 Å². The fraction of sp³-hybridized carbons (Fsp3) is 0.174. The first kappa shape index (κ1) is 22.8. The Balaban J connectivity index is 1.91. The van der Waals surface area contributed by atoms with Gasteiger partial charge in [-0.3, -0.25) is 4.79 Å². The van der Waals surface area contributed by atoms with E-state index >= 15 is 0 Å². The highest BCUT2D eigenvalue weighted by molar-refractivity contribution is 7.92. The van der Waals surface area contributed by atoms with Gasteiger partial charge in [0.25, 0.3) is 5.56 Å². The minimum Gasteiger partial charge on any atom is -0.457 e. The van der Waals surface area contributed by atoms with Crippen molar-refractivity contribution in [3.63, 3.8) is 0 Å². The number of fused-ring (bicyclic) bond motifs is 1. The fourth-order valence-corrected chi connectivity index (χ4v) is 4.75. The molecule has 0 bridgehead atoms. The van der Waals surface area contributed by atoms with E-state index in [4.69, 9.17) is 4.74 Å². The highest BCUT2D eigenvalue weighted by Gasteiger charge is 2.16. The third-order valence-corrected chi connectivity index (χ3v) is 6.73. The summed E-state index contributed by atoms with van der Waals surface area (Å²) in [6, 6.07) is 13.1. The molecule has 2 aromatic carbocycles. The van der Waals surface area contributed by atoms with Gasteiger partial charge < -0.3 is 14.3 Å². The van der Waals surface area contributed by atoms with Gasteiger partial charge in [0.15, 0.2) is 9.84 Å². The number of H-pyrrole nitrogens is 1. The summed E-state index contributed by atoms with van der Waals surface area (Å²) in [6.07, 6.45) is 7.66. The molecule has 1 N–H and O–H groups in total. The Morgan fingerprint density at radius 3 is 2.27 bits per heavy atom. The summed E-state index contributed by atoms with van der Waals surface area (Å²) in [4.78, 5) is 15.7. The normalized spacial score (nSPS) is 12.1. The topological polar surface area (TPSA) is 111 Å². The Hall–Kier alpha value is -3.37. The van der Waals surface area contributed by atoms with Crippen molar-refractivity contribution in [3.05, 3.63) is 71.3 Å². The third kappa shape index (κ3) is 4.86. The molecule has 0 spiro atoms. The fourth-order valence-electron chi connectivity index (χ4n) is 3.49. The van der Waals surface area contributed by atoms with Gasteiger partial charge in [-0.05, 0) is 48.5 Å². The number of nitrogens with zero attached hydrogens (tertiary/aromatic N) is 2. The minimum absolute atomic E-state index is 0.163. The average Bonchev–Trinajstić information content (AvgIpc) is 3.21. The number of aromatic nitrogens is 2. The number of benzene rings is 2. The zero-order valence-electron chi connectivity index (χ0n) is 18.5. The van der Waals surface area contributed by atoms with Crippen molar-refractivity contribution in [2.24, 2.45) is 11.4 Å². The molecule has 10 heteroatoms. The van der Waals surface area contributed by atoms with E-state index in [9.17, 15) is 17.4 Å². The van der Waals surface area contributed by atoms with Crippen LogP contribution in [0.4, 0.5) is 5.69 Å². The van der Waals surface area contributed by atoms with Crippen molar-refractivity contribution in [3.8, 4) is 22.6 Å². The molecule has 172 valence electrons. The molecule has 33 heavy (non-hydrogen) atoms. The molecule has 4 aromatic rings. The summed E-state index contributed by atoms with van der Waals surface area (Å²) in [6.45, 7) is 0. The minimum atomic E-state index is -3.32. The second-order valence-electron chi connectivity index (χ2n) is 8.02. The monoisotopic (exact) mass is 485 g/mol. The zero-order chi connectivity index (χ0) is 24.0. The number of pyridine rings is 1. The lowest BCUT2D eigenvalue weighted by Crippen LogP contribution is -2.16. The number of aromatic amines is 1. The van der Waals surface area contributed by atoms with E-state index in [1.165, 1.54) is 16.7 Å². The average molecular weight is 486 g/mol. The van der Waals surface area contributed by atoms with E-state index in [1.54, 1.807) is 62.3 Å². The standard InChI is InChI=1S/C23H23N3O5S2/c1-26-14-20(18-11-12-24-22(18)23(26)27)19-13-15(25-32(2,3)28)5-10-21(19)31-16-6-8-17(9-7-16)33(4,29)30/h5-14,24H,1-4H3. The molecule has 0 fully saturated rings. The first-order valence-electron chi connectivity index (χ1n) is 9.89. The Bertz CT molecular complexity index is 1650. The van der Waals surface area contributed by atoms with E-state index in [2.05, 4.69) is 9.35 Å². The van der Waals surface area contributed by atoms with Crippen molar-refractivity contribution >= 4 is 36.2 Å². The predicted molar refractivity (Wildman–Crippen MR) is 131 cm³/mol. The number of nitrogens with one attached hydrogen (secondary N) is 1. The van der Waals surface area contributed by atoms with Gasteiger partial charge >= 0.3 is 0 Å². The van der Waals surface area contributed by atoms with E-state index < -0.39 is 19.6 Å². The Morgan fingerprint density at radius 1 is 0.939 bits per heavy atom. The lowest BCUT2D eigenvalue weighted by molar-refractivity contribution is 0.484. The number of hydrogen-bond acceptors (Lipinski definition) is 6. The number of hydrogen-bond donors (Lipinski definition) is 1. The smallest absolute Gasteiger partial charge is 0.274 e. The molecule has 0 aliphatic carbocycles. The van der Waals surface area contributed by atoms with Crippen molar-refractivity contribution in [2.45, 2.75) is 4.90 Å². The van der Waals surface area contributed by atoms with Crippen LogP contribution in [0.3, 0.4) is 0 Å². The van der Waals surface area contributed by atoms with Crippen LogP contribution in [0.5, 0.6) is 11.5 Å². The molecule has 0 radical (unpaired) electrons. The molecular weight excluding hydrogens is 462 g/mol. The van der Waals surface area contributed by atoms with Crippen LogP contribution in [0, 0.1) is 0 Å². The van der Waals surface area contributed by atoms with Crippen LogP contribution in [0.25, 0.3) is 22.0 Å². The van der Waals surface area contributed by atoms with Gasteiger partial charge in [0.2, 0.25) is 0 Å². The molecule has 0 saturated heterocycles. The largest absolute Gasteiger partial charge is 0.457 e. The third-order valence-electron chi connectivity index (χ3n) is 4.95. The molecule has 0 aliphatic rings. The van der Waals surface area contributed by atoms with E-state index in [0.29, 0.717) is 33.7 Å². The molecular formula is C23H23N3O5S2. The number of aryl methyl sites for hydroxylation is 1. The Labute approximate surface area is 192 Å². The van der Waals surface area contributed by atoms with E-state index in [1.807, 2.05) is 6.07 Å². The molecule has 2 heterocycles. The molecule has 8 nitrogen and oxygen atoms in total. The number of ether oxygens (including phenoxy) is 1. The Kier molecular flexibility index (Phi) is 5.67. The van der Waals surface area contributed by atoms with Crippen molar-refractivity contribution in [2.75, 3.05) is 18.8 Å². The van der Waals surface area contributed by atoms with Gasteiger partial charge in [-0.15, -0.1) is 0 Å². The van der Waals surface area contributed by atoms with E-state index in [0.717, 1.165) is 11.8 Å². The first-order valence-corrected chi connectivity index (χ1v) is 14.1. The summed E-state index contributed by atoms with van der Waals surface area (Å²) in [5.74, 6) is 0.916. The van der Waals surface area contributed by atoms with Crippen LogP contribution in [0.1, 0.15) is 0 Å². The van der Waals surface area contributed by atoms with Crippen molar-refractivity contribution < 1.29 is 17.4 Å². The van der Waals surface area contributed by atoms with Crippen molar-refractivity contribution in [1.29, 1.82) is 0 Å². The van der Waals surface area contributed by atoms with Crippen LogP contribution in [0.2, 0.25) is 0 Å². The van der Waals surface area contributed by atoms with Gasteiger partial charge in [0.1, 0.15) is 17.0 Å². The second-order valence-corrected chi connectivity index (χ2v) is 12.6. The maximum absolute atomic E-state index is 12.5. The van der Waals surface area contributed by atoms with Crippen molar-refractivity contribution in [1.82, 2.24) is 9.55 Å². The summed E-state index contributed by atoms with van der Waals surface area (Å²) in [5, 5.41) is 0.709. The summed E-state index contributed by atoms with van der Waals surface area (Å²) in [7, 11) is -4.06. The predicted octanol–water partition coefficient (Wildman–Crippen LogP) is 4.09. The van der Waals surface area contributed by atoms with Crippen LogP contribution in [-0.2, 0) is 26.6 Å². The molecule has 0 unspecified atom stereocenters. The van der Waals surface area contributed by atoms with Crippen LogP contribution < -0.4 is 10.3 Å². The lowest BCUT2D eigenvalue weighted by atomic mass is 10.0. The van der Waals surface area contributed by atoms with Gasteiger partial charge in [-0.2, -0.15) is 4.36 Å². The highest BCUT2D eigenvalue weighted by atomic mass is 32.2. The highest BCUT2D eigenvalue weighted by Crippen LogP contribution is 2.39. The van der Waals surface area contributed by atoms with Gasteiger partial charge in [-0.1, -0.05) is 0 Å². The lowest BCUT2D eigenvalue weighted by Gasteiger charge is -2.14. The van der Waals surface area contributed by atoms with Crippen LogP contribution >= 0.6 is 0 Å². The van der Waals surface area contributed by atoms with Crippen LogP contribution in [0.15, 0.2) is 75.0 Å². The SMILES string of the molecule is Cn1cc(-c2cc(N=S(C)(C)=O)ccc2Oc2ccc(S(C)(=O)=O)cc2)c2cc[nH]c2c1=O. The summed E-state index contributed by atoms with van der Waals surface area (Å²) < 4.78 is 47.6. The molecule has 4 rings (SSSR count). The van der Waals surface area contributed by atoms with E-state index in [-0.39, 0.29) is 10.5 Å². The zero-order valence-corrected chi connectivity index (χ0v) is 20.2. The number of rotatable bonds is 5. The summed E-state index contributed by atoms with van der Waals surface area (Å²) in [5.41, 5.74) is 2.18. The maximum Gasteiger partial charge on any atom is 0.274 e. The quantitative estimate of drug-likeness (QED) is 0.458. The molecule has 0 amide bonds. The second kappa shape index (κ2) is 8.20. The van der Waals surface area contributed by atoms with Gasteiger partial charge in [0, 0.05) is 64.5 Å². The van der Waals surface area contributed by atoms with Gasteiger partial charge in [0.05, 0.1) is 10.6 Å². The first-order chi connectivity index (χ1) is 15.4. The molecule has 2 aromatic heterocycles. The summed E-state index contributed by atoms with van der Waals surface area (Å²) >= 11 is 0. The maximum atomic E-state index is 12.5. The number of sulfone groups is 1.